The van der Waals surface area contributed by atoms with Crippen LogP contribution >= 0.6 is 11.3 Å². The van der Waals surface area contributed by atoms with E-state index in [1.807, 2.05) is 18.2 Å². The van der Waals surface area contributed by atoms with Crippen molar-refractivity contribution in [2.45, 2.75) is 25.9 Å². The predicted octanol–water partition coefficient (Wildman–Crippen LogP) is 3.75. The van der Waals surface area contributed by atoms with E-state index in [2.05, 4.69) is 42.2 Å². The monoisotopic (exact) mass is 283 g/mol. The number of hydrogen-bond donors (Lipinski definition) is 1. The molecule has 2 nitrogen and oxygen atoms in total. The fourth-order valence-electron chi connectivity index (χ4n) is 2.28. The summed E-state index contributed by atoms with van der Waals surface area (Å²) in [7, 11) is 0. The molecule has 0 aliphatic heterocycles. The quantitative estimate of drug-likeness (QED) is 0.791. The van der Waals surface area contributed by atoms with Gasteiger partial charge in [-0.05, 0) is 31.0 Å². The van der Waals surface area contributed by atoms with E-state index < -0.39 is 0 Å². The average Bonchev–Trinajstić information content (AvgIpc) is 2.83. The SMILES string of the molecule is Cc1ccc(CC(O)Cc2nc3ccccc3s2)cc1. The van der Waals surface area contributed by atoms with Gasteiger partial charge in [0.25, 0.3) is 0 Å². The molecule has 3 rings (SSSR count). The van der Waals surface area contributed by atoms with Crippen LogP contribution in [0.25, 0.3) is 10.2 Å². The molecule has 0 saturated carbocycles. The maximum atomic E-state index is 10.2. The van der Waals surface area contributed by atoms with Crippen molar-refractivity contribution in [3.8, 4) is 0 Å². The molecule has 0 aliphatic carbocycles. The minimum Gasteiger partial charge on any atom is -0.392 e. The second-order valence-electron chi connectivity index (χ2n) is 5.12. The molecule has 1 unspecified atom stereocenters. The summed E-state index contributed by atoms with van der Waals surface area (Å²) in [6.45, 7) is 2.07. The third-order valence-electron chi connectivity index (χ3n) is 3.34. The first-order valence-corrected chi connectivity index (χ1v) is 7.60. The Morgan fingerprint density at radius 1 is 1.05 bits per heavy atom. The molecule has 1 N–H and O–H groups in total. The number of aliphatic hydroxyl groups is 1. The van der Waals surface area contributed by atoms with Gasteiger partial charge in [0.15, 0.2) is 0 Å². The van der Waals surface area contributed by atoms with Gasteiger partial charge in [-0.2, -0.15) is 0 Å². The fourth-order valence-corrected chi connectivity index (χ4v) is 3.32. The van der Waals surface area contributed by atoms with E-state index in [0.29, 0.717) is 12.8 Å². The molecule has 0 amide bonds. The van der Waals surface area contributed by atoms with Crippen LogP contribution in [0.4, 0.5) is 0 Å². The van der Waals surface area contributed by atoms with Crippen LogP contribution in [0.15, 0.2) is 48.5 Å². The van der Waals surface area contributed by atoms with Crippen LogP contribution in [0, 0.1) is 6.92 Å². The van der Waals surface area contributed by atoms with Crippen molar-refractivity contribution in [1.82, 2.24) is 4.98 Å². The van der Waals surface area contributed by atoms with E-state index in [1.54, 1.807) is 11.3 Å². The van der Waals surface area contributed by atoms with Crippen molar-refractivity contribution >= 4 is 21.6 Å². The molecule has 3 aromatic rings. The van der Waals surface area contributed by atoms with E-state index in [1.165, 1.54) is 15.8 Å². The molecule has 3 heteroatoms. The van der Waals surface area contributed by atoms with Gasteiger partial charge in [-0.3, -0.25) is 0 Å². The van der Waals surface area contributed by atoms with Gasteiger partial charge in [0, 0.05) is 6.42 Å². The van der Waals surface area contributed by atoms with Gasteiger partial charge in [-0.1, -0.05) is 42.0 Å². The summed E-state index contributed by atoms with van der Waals surface area (Å²) in [5, 5.41) is 11.2. The normalized spacial score (nSPS) is 12.7. The highest BCUT2D eigenvalue weighted by atomic mass is 32.1. The van der Waals surface area contributed by atoms with Crippen LogP contribution in [-0.2, 0) is 12.8 Å². The van der Waals surface area contributed by atoms with Crippen molar-refractivity contribution in [3.63, 3.8) is 0 Å². The Labute approximate surface area is 122 Å². The topological polar surface area (TPSA) is 33.1 Å². The van der Waals surface area contributed by atoms with Crippen LogP contribution < -0.4 is 0 Å². The lowest BCUT2D eigenvalue weighted by atomic mass is 10.0. The predicted molar refractivity (Wildman–Crippen MR) is 84.2 cm³/mol. The Morgan fingerprint density at radius 3 is 2.55 bits per heavy atom. The van der Waals surface area contributed by atoms with E-state index >= 15 is 0 Å². The molecule has 1 aromatic heterocycles. The summed E-state index contributed by atoms with van der Waals surface area (Å²) < 4.78 is 1.19. The van der Waals surface area contributed by atoms with Crippen LogP contribution in [0.5, 0.6) is 0 Å². The molecule has 2 aromatic carbocycles. The Balaban J connectivity index is 1.69. The largest absolute Gasteiger partial charge is 0.392 e. The van der Waals surface area contributed by atoms with E-state index in [4.69, 9.17) is 0 Å². The van der Waals surface area contributed by atoms with Crippen LogP contribution in [-0.4, -0.2) is 16.2 Å². The maximum Gasteiger partial charge on any atom is 0.0964 e. The molecule has 0 fully saturated rings. The van der Waals surface area contributed by atoms with Crippen LogP contribution in [0.1, 0.15) is 16.1 Å². The van der Waals surface area contributed by atoms with Gasteiger partial charge >= 0.3 is 0 Å². The lowest BCUT2D eigenvalue weighted by Gasteiger charge is -2.08. The zero-order valence-electron chi connectivity index (χ0n) is 11.4. The van der Waals surface area contributed by atoms with Gasteiger partial charge in [-0.25, -0.2) is 4.98 Å². The summed E-state index contributed by atoms with van der Waals surface area (Å²) in [6, 6.07) is 16.4. The highest BCUT2D eigenvalue weighted by Crippen LogP contribution is 2.23. The smallest absolute Gasteiger partial charge is 0.0964 e. The number of aliphatic hydroxyl groups excluding tert-OH is 1. The second kappa shape index (κ2) is 5.73. The first kappa shape index (κ1) is 13.3. The number of para-hydroxylation sites is 1. The van der Waals surface area contributed by atoms with Gasteiger partial charge in [0.1, 0.15) is 0 Å². The summed E-state index contributed by atoms with van der Waals surface area (Å²) in [6.07, 6.45) is 0.918. The van der Waals surface area contributed by atoms with Gasteiger partial charge in [0.2, 0.25) is 0 Å². The van der Waals surface area contributed by atoms with E-state index in [0.717, 1.165) is 10.5 Å². The minimum absolute atomic E-state index is 0.377. The number of nitrogens with zero attached hydrogens (tertiary/aromatic N) is 1. The molecule has 0 spiro atoms. The number of aromatic nitrogens is 1. The lowest BCUT2D eigenvalue weighted by molar-refractivity contribution is 0.175. The van der Waals surface area contributed by atoms with Crippen molar-refractivity contribution in [1.29, 1.82) is 0 Å². The number of hydrogen-bond acceptors (Lipinski definition) is 3. The summed E-state index contributed by atoms with van der Waals surface area (Å²) in [5.74, 6) is 0. The molecular formula is C17H17NOS. The Kier molecular flexibility index (Phi) is 3.81. The van der Waals surface area contributed by atoms with Gasteiger partial charge in [0.05, 0.1) is 21.3 Å². The standard InChI is InChI=1S/C17H17NOS/c1-12-6-8-13(9-7-12)10-14(19)11-17-18-15-4-2-3-5-16(15)20-17/h2-9,14,19H,10-11H2,1H3. The average molecular weight is 283 g/mol. The first-order chi connectivity index (χ1) is 9.70. The summed E-state index contributed by atoms with van der Waals surface area (Å²) >= 11 is 1.67. The van der Waals surface area contributed by atoms with Crippen molar-refractivity contribution in [2.75, 3.05) is 0 Å². The summed E-state index contributed by atoms with van der Waals surface area (Å²) in [5.41, 5.74) is 3.44. The molecular weight excluding hydrogens is 266 g/mol. The third kappa shape index (κ3) is 3.06. The van der Waals surface area contributed by atoms with Crippen molar-refractivity contribution in [2.24, 2.45) is 0 Å². The van der Waals surface area contributed by atoms with Gasteiger partial charge in [-0.15, -0.1) is 11.3 Å². The zero-order chi connectivity index (χ0) is 13.9. The van der Waals surface area contributed by atoms with Crippen LogP contribution in [0.3, 0.4) is 0 Å². The molecule has 1 atom stereocenters. The molecule has 0 bridgehead atoms. The number of fused-ring (bicyclic) bond motifs is 1. The number of benzene rings is 2. The van der Waals surface area contributed by atoms with Crippen molar-refractivity contribution < 1.29 is 5.11 Å². The highest BCUT2D eigenvalue weighted by Gasteiger charge is 2.10. The minimum atomic E-state index is -0.377. The first-order valence-electron chi connectivity index (χ1n) is 6.79. The van der Waals surface area contributed by atoms with Crippen molar-refractivity contribution in [3.05, 3.63) is 64.7 Å². The Morgan fingerprint density at radius 2 is 1.80 bits per heavy atom. The molecule has 102 valence electrons. The number of thiazole rings is 1. The lowest BCUT2D eigenvalue weighted by Crippen LogP contribution is -2.13. The molecule has 0 aliphatic rings. The summed E-state index contributed by atoms with van der Waals surface area (Å²) in [4.78, 5) is 4.57. The fraction of sp³-hybridized carbons (Fsp3) is 0.235. The second-order valence-corrected chi connectivity index (χ2v) is 6.24. The maximum absolute atomic E-state index is 10.2. The zero-order valence-corrected chi connectivity index (χ0v) is 12.2. The molecule has 1 heterocycles. The molecule has 20 heavy (non-hydrogen) atoms. The number of aryl methyl sites for hydroxylation is 1. The molecule has 0 radical (unpaired) electrons. The highest BCUT2D eigenvalue weighted by molar-refractivity contribution is 7.18. The van der Waals surface area contributed by atoms with Gasteiger partial charge < -0.3 is 5.11 Å². The number of rotatable bonds is 4. The van der Waals surface area contributed by atoms with Crippen LogP contribution in [0.2, 0.25) is 0 Å². The Bertz CT molecular complexity index is 669. The van der Waals surface area contributed by atoms with E-state index in [9.17, 15) is 5.11 Å². The molecule has 0 saturated heterocycles. The third-order valence-corrected chi connectivity index (χ3v) is 4.40. The Hall–Kier alpha value is -1.71. The van der Waals surface area contributed by atoms with E-state index in [-0.39, 0.29) is 6.10 Å².